The van der Waals surface area contributed by atoms with Crippen LogP contribution < -0.4 is 9.64 Å². The minimum Gasteiger partial charge on any atom is -0.496 e. The Morgan fingerprint density at radius 2 is 1.95 bits per heavy atom. The molecule has 1 aromatic carbocycles. The second kappa shape index (κ2) is 5.59. The number of hydrogen-bond acceptors (Lipinski definition) is 4. The summed E-state index contributed by atoms with van der Waals surface area (Å²) in [7, 11) is 1.75. The Morgan fingerprint density at radius 3 is 2.77 bits per heavy atom. The summed E-state index contributed by atoms with van der Waals surface area (Å²) in [4.78, 5) is 11.3. The first-order valence-electron chi connectivity index (χ1n) is 8.05. The molecule has 0 bridgehead atoms. The van der Waals surface area contributed by atoms with Gasteiger partial charge in [0.2, 0.25) is 0 Å². The molecule has 0 amide bonds. The number of nitrogens with zero attached hydrogens (tertiary/aromatic N) is 3. The predicted molar refractivity (Wildman–Crippen MR) is 86.6 cm³/mol. The summed E-state index contributed by atoms with van der Waals surface area (Å²) in [5.41, 5.74) is 2.52. The Kier molecular flexibility index (Phi) is 3.45. The van der Waals surface area contributed by atoms with Gasteiger partial charge in [0.25, 0.3) is 0 Å². The van der Waals surface area contributed by atoms with Crippen molar-refractivity contribution in [3.8, 4) is 5.75 Å². The van der Waals surface area contributed by atoms with E-state index in [-0.39, 0.29) is 0 Å². The van der Waals surface area contributed by atoms with Crippen molar-refractivity contribution < 1.29 is 4.74 Å². The van der Waals surface area contributed by atoms with Crippen molar-refractivity contribution in [2.24, 2.45) is 0 Å². The molecule has 4 heteroatoms. The monoisotopic (exact) mass is 295 g/mol. The second-order valence-electron chi connectivity index (χ2n) is 6.25. The Bertz CT molecular complexity index is 669. The van der Waals surface area contributed by atoms with Gasteiger partial charge in [0.15, 0.2) is 0 Å². The van der Waals surface area contributed by atoms with Crippen LogP contribution in [0.4, 0.5) is 5.82 Å². The van der Waals surface area contributed by atoms with Crippen molar-refractivity contribution >= 4 is 5.82 Å². The highest BCUT2D eigenvalue weighted by Crippen LogP contribution is 2.40. The number of rotatable bonds is 4. The number of benzene rings is 1. The Balaban J connectivity index is 1.53. The van der Waals surface area contributed by atoms with Gasteiger partial charge >= 0.3 is 0 Å². The summed E-state index contributed by atoms with van der Waals surface area (Å²) in [5.74, 6) is 3.26. The molecule has 0 spiro atoms. The van der Waals surface area contributed by atoms with E-state index in [0.29, 0.717) is 11.8 Å². The molecule has 1 aromatic heterocycles. The van der Waals surface area contributed by atoms with Gasteiger partial charge in [-0.05, 0) is 30.9 Å². The quantitative estimate of drug-likeness (QED) is 0.867. The third-order valence-electron chi connectivity index (χ3n) is 4.76. The van der Waals surface area contributed by atoms with Gasteiger partial charge in [-0.15, -0.1) is 0 Å². The van der Waals surface area contributed by atoms with Crippen LogP contribution in [0.3, 0.4) is 0 Å². The third kappa shape index (κ3) is 2.54. The standard InChI is InChI=1S/C18H21N3O/c1-22-17-5-3-2-4-15(17)14-8-9-21(11-14)18-10-16(13-6-7-13)19-12-20-18/h2-5,10,12-14H,6-9,11H2,1H3. The highest BCUT2D eigenvalue weighted by atomic mass is 16.5. The molecule has 1 aliphatic heterocycles. The van der Waals surface area contributed by atoms with E-state index >= 15 is 0 Å². The third-order valence-corrected chi connectivity index (χ3v) is 4.76. The molecule has 22 heavy (non-hydrogen) atoms. The predicted octanol–water partition coefficient (Wildman–Crippen LogP) is 3.36. The van der Waals surface area contributed by atoms with Gasteiger partial charge in [-0.3, -0.25) is 0 Å². The molecule has 0 radical (unpaired) electrons. The Morgan fingerprint density at radius 1 is 1.09 bits per heavy atom. The molecule has 2 fully saturated rings. The lowest BCUT2D eigenvalue weighted by Crippen LogP contribution is -2.20. The van der Waals surface area contributed by atoms with E-state index in [1.165, 1.54) is 24.1 Å². The maximum atomic E-state index is 5.51. The van der Waals surface area contributed by atoms with Gasteiger partial charge in [-0.2, -0.15) is 0 Å². The molecule has 2 heterocycles. The van der Waals surface area contributed by atoms with Crippen LogP contribution in [0, 0.1) is 0 Å². The summed E-state index contributed by atoms with van der Waals surface area (Å²) in [6.07, 6.45) is 5.42. The van der Waals surface area contributed by atoms with Crippen LogP contribution >= 0.6 is 0 Å². The summed E-state index contributed by atoms with van der Waals surface area (Å²) in [6.45, 7) is 2.05. The molecular formula is C18H21N3O. The van der Waals surface area contributed by atoms with E-state index in [1.54, 1.807) is 13.4 Å². The Hall–Kier alpha value is -2.10. The molecule has 1 atom stereocenters. The molecule has 2 aromatic rings. The fourth-order valence-corrected chi connectivity index (χ4v) is 3.36. The van der Waals surface area contributed by atoms with Crippen LogP contribution in [0.15, 0.2) is 36.7 Å². The number of ether oxygens (including phenoxy) is 1. The fraction of sp³-hybridized carbons (Fsp3) is 0.444. The average Bonchev–Trinajstić information content (AvgIpc) is 3.32. The number of aromatic nitrogens is 2. The van der Waals surface area contributed by atoms with Crippen molar-refractivity contribution in [1.29, 1.82) is 0 Å². The first-order chi connectivity index (χ1) is 10.8. The molecule has 1 unspecified atom stereocenters. The van der Waals surface area contributed by atoms with Crippen LogP contribution in [-0.4, -0.2) is 30.2 Å². The van der Waals surface area contributed by atoms with E-state index in [2.05, 4.69) is 33.1 Å². The van der Waals surface area contributed by atoms with E-state index in [1.807, 2.05) is 12.1 Å². The van der Waals surface area contributed by atoms with E-state index in [4.69, 9.17) is 4.74 Å². The summed E-state index contributed by atoms with van der Waals surface area (Å²) < 4.78 is 5.51. The normalized spacial score (nSPS) is 21.1. The van der Waals surface area contributed by atoms with Crippen molar-refractivity contribution in [1.82, 2.24) is 9.97 Å². The number of hydrogen-bond donors (Lipinski definition) is 0. The molecule has 1 saturated heterocycles. The number of anilines is 1. The van der Waals surface area contributed by atoms with Crippen molar-refractivity contribution in [3.63, 3.8) is 0 Å². The van der Waals surface area contributed by atoms with Crippen LogP contribution in [0.5, 0.6) is 5.75 Å². The zero-order valence-corrected chi connectivity index (χ0v) is 12.9. The zero-order valence-electron chi connectivity index (χ0n) is 12.9. The van der Waals surface area contributed by atoms with Crippen LogP contribution in [-0.2, 0) is 0 Å². The lowest BCUT2D eigenvalue weighted by molar-refractivity contribution is 0.406. The van der Waals surface area contributed by atoms with Gasteiger partial charge in [0.1, 0.15) is 17.9 Å². The maximum absolute atomic E-state index is 5.51. The highest BCUT2D eigenvalue weighted by Gasteiger charge is 2.29. The first-order valence-corrected chi connectivity index (χ1v) is 8.05. The summed E-state index contributed by atoms with van der Waals surface area (Å²) in [6, 6.07) is 10.5. The van der Waals surface area contributed by atoms with Gasteiger partial charge in [0, 0.05) is 36.7 Å². The first kappa shape index (κ1) is 13.6. The highest BCUT2D eigenvalue weighted by molar-refractivity contribution is 5.45. The van der Waals surface area contributed by atoms with E-state index < -0.39 is 0 Å². The molecule has 0 N–H and O–H groups in total. The summed E-state index contributed by atoms with van der Waals surface area (Å²) in [5, 5.41) is 0. The van der Waals surface area contributed by atoms with Gasteiger partial charge < -0.3 is 9.64 Å². The van der Waals surface area contributed by atoms with Gasteiger partial charge in [-0.25, -0.2) is 9.97 Å². The molecule has 1 saturated carbocycles. The minimum absolute atomic E-state index is 0.510. The second-order valence-corrected chi connectivity index (χ2v) is 6.25. The van der Waals surface area contributed by atoms with Crippen LogP contribution in [0.1, 0.15) is 42.4 Å². The minimum atomic E-state index is 0.510. The molecule has 2 aliphatic rings. The fourth-order valence-electron chi connectivity index (χ4n) is 3.36. The Labute approximate surface area is 131 Å². The smallest absolute Gasteiger partial charge is 0.132 e. The zero-order chi connectivity index (χ0) is 14.9. The van der Waals surface area contributed by atoms with E-state index in [9.17, 15) is 0 Å². The average molecular weight is 295 g/mol. The van der Waals surface area contributed by atoms with Crippen molar-refractivity contribution in [2.45, 2.75) is 31.1 Å². The van der Waals surface area contributed by atoms with Crippen LogP contribution in [0.2, 0.25) is 0 Å². The topological polar surface area (TPSA) is 38.2 Å². The largest absolute Gasteiger partial charge is 0.496 e. The van der Waals surface area contributed by atoms with Gasteiger partial charge in [0.05, 0.1) is 7.11 Å². The van der Waals surface area contributed by atoms with Gasteiger partial charge in [-0.1, -0.05) is 18.2 Å². The molecular weight excluding hydrogens is 274 g/mol. The molecule has 114 valence electrons. The molecule has 4 rings (SSSR count). The lowest BCUT2D eigenvalue weighted by Gasteiger charge is -2.19. The van der Waals surface area contributed by atoms with Crippen molar-refractivity contribution in [2.75, 3.05) is 25.1 Å². The maximum Gasteiger partial charge on any atom is 0.132 e. The lowest BCUT2D eigenvalue weighted by atomic mass is 9.97. The SMILES string of the molecule is COc1ccccc1C1CCN(c2cc(C3CC3)ncn2)C1. The van der Waals surface area contributed by atoms with Crippen molar-refractivity contribution in [3.05, 3.63) is 47.9 Å². The summed E-state index contributed by atoms with van der Waals surface area (Å²) >= 11 is 0. The molecule has 4 nitrogen and oxygen atoms in total. The number of methoxy groups -OCH3 is 1. The van der Waals surface area contributed by atoms with Crippen LogP contribution in [0.25, 0.3) is 0 Å². The molecule has 1 aliphatic carbocycles. The van der Waals surface area contributed by atoms with E-state index in [0.717, 1.165) is 31.1 Å². The number of para-hydroxylation sites is 1.